The summed E-state index contributed by atoms with van der Waals surface area (Å²) in [6.07, 6.45) is 1.64. The Bertz CT molecular complexity index is 447. The summed E-state index contributed by atoms with van der Waals surface area (Å²) < 4.78 is 0. The number of hydrogen-bond acceptors (Lipinski definition) is 2. The number of nitrogens with one attached hydrogen (secondary N) is 1. The van der Waals surface area contributed by atoms with Gasteiger partial charge < -0.3 is 10.4 Å². The molecule has 0 unspecified atom stereocenters. The van der Waals surface area contributed by atoms with Crippen LogP contribution in [0.3, 0.4) is 0 Å². The molecule has 0 saturated carbocycles. The van der Waals surface area contributed by atoms with Gasteiger partial charge in [0.05, 0.1) is 15.6 Å². The minimum absolute atomic E-state index is 0.113. The summed E-state index contributed by atoms with van der Waals surface area (Å²) in [5, 5.41) is 12.6. The van der Waals surface area contributed by atoms with Gasteiger partial charge in [-0.3, -0.25) is 4.79 Å². The molecule has 0 aliphatic heterocycles. The van der Waals surface area contributed by atoms with Crippen molar-refractivity contribution in [3.05, 3.63) is 33.8 Å². The lowest BCUT2D eigenvalue weighted by Gasteiger charge is -2.21. The smallest absolute Gasteiger partial charge is 0.252 e. The summed E-state index contributed by atoms with van der Waals surface area (Å²) in [5.74, 6) is -0.227. The molecule has 0 radical (unpaired) electrons. The van der Waals surface area contributed by atoms with E-state index in [1.165, 1.54) is 0 Å². The molecule has 1 amide bonds. The fourth-order valence-electron chi connectivity index (χ4n) is 1.62. The van der Waals surface area contributed by atoms with Crippen LogP contribution in [0, 0.1) is 5.41 Å². The van der Waals surface area contributed by atoms with Gasteiger partial charge in [0.1, 0.15) is 0 Å². The monoisotopic (exact) mass is 303 g/mol. The molecule has 0 atom stereocenters. The minimum atomic E-state index is -0.227. The molecular weight excluding hydrogens is 285 g/mol. The van der Waals surface area contributed by atoms with Crippen LogP contribution in [-0.4, -0.2) is 24.2 Å². The van der Waals surface area contributed by atoms with Crippen molar-refractivity contribution in [2.75, 3.05) is 13.2 Å². The molecule has 0 heterocycles. The van der Waals surface area contributed by atoms with Gasteiger partial charge in [-0.2, -0.15) is 0 Å². The van der Waals surface area contributed by atoms with Gasteiger partial charge in [-0.1, -0.05) is 43.1 Å². The van der Waals surface area contributed by atoms with E-state index in [-0.39, 0.29) is 23.0 Å². The minimum Gasteiger partial charge on any atom is -0.396 e. The van der Waals surface area contributed by atoms with E-state index >= 15 is 0 Å². The van der Waals surface area contributed by atoms with Crippen molar-refractivity contribution in [1.29, 1.82) is 0 Å². The summed E-state index contributed by atoms with van der Waals surface area (Å²) in [6, 6.07) is 4.98. The van der Waals surface area contributed by atoms with Crippen molar-refractivity contribution in [2.24, 2.45) is 5.41 Å². The molecule has 0 spiro atoms. The number of hydrogen-bond donors (Lipinski definition) is 2. The third-order valence-electron chi connectivity index (χ3n) is 2.94. The van der Waals surface area contributed by atoms with Crippen LogP contribution in [0.2, 0.25) is 10.0 Å². The molecule has 0 fully saturated rings. The first-order valence-electron chi connectivity index (χ1n) is 6.20. The lowest BCUT2D eigenvalue weighted by Crippen LogP contribution is -2.26. The van der Waals surface area contributed by atoms with E-state index in [1.807, 2.05) is 13.8 Å². The number of benzene rings is 1. The van der Waals surface area contributed by atoms with Crippen LogP contribution in [0.5, 0.6) is 0 Å². The number of halogens is 2. The van der Waals surface area contributed by atoms with E-state index in [0.29, 0.717) is 17.1 Å². The number of aliphatic hydroxyl groups is 1. The van der Waals surface area contributed by atoms with Gasteiger partial charge in [-0.05, 0) is 30.4 Å². The van der Waals surface area contributed by atoms with E-state index in [0.717, 1.165) is 12.8 Å². The number of carbonyl (C=O) groups excluding carboxylic acids is 1. The lowest BCUT2D eigenvalue weighted by atomic mass is 9.89. The third kappa shape index (κ3) is 5.01. The quantitative estimate of drug-likeness (QED) is 0.790. The van der Waals surface area contributed by atoms with Gasteiger partial charge in [0, 0.05) is 13.2 Å². The van der Waals surface area contributed by atoms with Gasteiger partial charge in [-0.15, -0.1) is 0 Å². The third-order valence-corrected chi connectivity index (χ3v) is 3.76. The predicted molar refractivity (Wildman–Crippen MR) is 78.9 cm³/mol. The van der Waals surface area contributed by atoms with Crippen molar-refractivity contribution in [3.8, 4) is 0 Å². The van der Waals surface area contributed by atoms with E-state index < -0.39 is 0 Å². The summed E-state index contributed by atoms with van der Waals surface area (Å²) in [6.45, 7) is 4.66. The molecule has 0 bridgehead atoms. The average Bonchev–Trinajstić information content (AvgIpc) is 2.37. The summed E-state index contributed by atoms with van der Waals surface area (Å²) in [5.41, 5.74) is 0.272. The van der Waals surface area contributed by atoms with Gasteiger partial charge in [0.25, 0.3) is 5.91 Å². The zero-order valence-corrected chi connectivity index (χ0v) is 12.7. The Balaban J connectivity index is 2.46. The first-order chi connectivity index (χ1) is 8.87. The fraction of sp³-hybridized carbons (Fsp3) is 0.500. The van der Waals surface area contributed by atoms with Gasteiger partial charge >= 0.3 is 0 Å². The molecule has 0 aliphatic rings. The van der Waals surface area contributed by atoms with E-state index in [1.54, 1.807) is 18.2 Å². The van der Waals surface area contributed by atoms with Crippen LogP contribution in [0.4, 0.5) is 0 Å². The second-order valence-electron chi connectivity index (χ2n) is 5.28. The second kappa shape index (κ2) is 7.13. The van der Waals surface area contributed by atoms with E-state index in [9.17, 15) is 4.79 Å². The predicted octanol–water partition coefficient (Wildman–Crippen LogP) is 3.52. The van der Waals surface area contributed by atoms with Gasteiger partial charge in [0.15, 0.2) is 0 Å². The van der Waals surface area contributed by atoms with Crippen molar-refractivity contribution in [1.82, 2.24) is 5.32 Å². The van der Waals surface area contributed by atoms with Crippen molar-refractivity contribution < 1.29 is 9.90 Å². The standard InChI is InChI=1S/C14H19Cl2NO2/c1-14(2,9-18)7-4-8-17-13(19)10-5-3-6-11(15)12(10)16/h3,5-6,18H,4,7-9H2,1-2H3,(H,17,19). The Morgan fingerprint density at radius 3 is 2.68 bits per heavy atom. The molecular formula is C14H19Cl2NO2. The Morgan fingerprint density at radius 2 is 2.05 bits per heavy atom. The molecule has 106 valence electrons. The van der Waals surface area contributed by atoms with Crippen LogP contribution in [0.25, 0.3) is 0 Å². The summed E-state index contributed by atoms with van der Waals surface area (Å²) in [4.78, 5) is 11.9. The molecule has 3 nitrogen and oxygen atoms in total. The van der Waals surface area contributed by atoms with Crippen LogP contribution in [-0.2, 0) is 0 Å². The maximum Gasteiger partial charge on any atom is 0.252 e. The Labute approximate surface area is 123 Å². The van der Waals surface area contributed by atoms with Crippen LogP contribution in [0.1, 0.15) is 37.0 Å². The molecule has 0 saturated heterocycles. The van der Waals surface area contributed by atoms with Crippen molar-refractivity contribution in [3.63, 3.8) is 0 Å². The number of aliphatic hydroxyl groups excluding tert-OH is 1. The highest BCUT2D eigenvalue weighted by Gasteiger charge is 2.16. The zero-order chi connectivity index (χ0) is 14.5. The van der Waals surface area contributed by atoms with Crippen molar-refractivity contribution in [2.45, 2.75) is 26.7 Å². The first-order valence-corrected chi connectivity index (χ1v) is 6.96. The Hall–Kier alpha value is -0.770. The lowest BCUT2D eigenvalue weighted by molar-refractivity contribution is 0.0948. The number of rotatable bonds is 6. The SMILES string of the molecule is CC(C)(CO)CCCNC(=O)c1cccc(Cl)c1Cl. The highest BCUT2D eigenvalue weighted by molar-refractivity contribution is 6.43. The highest BCUT2D eigenvalue weighted by atomic mass is 35.5. The van der Waals surface area contributed by atoms with Crippen molar-refractivity contribution >= 4 is 29.1 Å². The van der Waals surface area contributed by atoms with E-state index in [2.05, 4.69) is 5.32 Å². The molecule has 1 rings (SSSR count). The van der Waals surface area contributed by atoms with Crippen LogP contribution in [0.15, 0.2) is 18.2 Å². The topological polar surface area (TPSA) is 49.3 Å². The Kier molecular flexibility index (Phi) is 6.11. The summed E-state index contributed by atoms with van der Waals surface area (Å²) in [7, 11) is 0. The van der Waals surface area contributed by atoms with Gasteiger partial charge in [0.2, 0.25) is 0 Å². The fourth-order valence-corrected chi connectivity index (χ4v) is 2.01. The maximum absolute atomic E-state index is 11.9. The highest BCUT2D eigenvalue weighted by Crippen LogP contribution is 2.25. The maximum atomic E-state index is 11.9. The number of carbonyl (C=O) groups is 1. The van der Waals surface area contributed by atoms with Crippen LogP contribution >= 0.6 is 23.2 Å². The normalized spacial score (nSPS) is 11.4. The molecule has 1 aromatic rings. The molecule has 5 heteroatoms. The van der Waals surface area contributed by atoms with Crippen LogP contribution < -0.4 is 5.32 Å². The zero-order valence-electron chi connectivity index (χ0n) is 11.2. The summed E-state index contributed by atoms with van der Waals surface area (Å²) >= 11 is 11.8. The number of amides is 1. The molecule has 0 aliphatic carbocycles. The van der Waals surface area contributed by atoms with Gasteiger partial charge in [-0.25, -0.2) is 0 Å². The molecule has 19 heavy (non-hydrogen) atoms. The molecule has 1 aromatic carbocycles. The Morgan fingerprint density at radius 1 is 1.37 bits per heavy atom. The first kappa shape index (κ1) is 16.3. The van der Waals surface area contributed by atoms with E-state index in [4.69, 9.17) is 28.3 Å². The molecule has 2 N–H and O–H groups in total. The molecule has 0 aromatic heterocycles. The largest absolute Gasteiger partial charge is 0.396 e. The average molecular weight is 304 g/mol. The second-order valence-corrected chi connectivity index (χ2v) is 6.07.